The molecule has 1 atom stereocenters. The highest BCUT2D eigenvalue weighted by atomic mass is 32.1. The molecular formula is C19H23N3O3S. The highest BCUT2D eigenvalue weighted by Gasteiger charge is 2.46. The molecule has 0 bridgehead atoms. The predicted octanol–water partition coefficient (Wildman–Crippen LogP) is 3.24. The van der Waals surface area contributed by atoms with Crippen LogP contribution in [0.1, 0.15) is 17.7 Å². The van der Waals surface area contributed by atoms with Crippen LogP contribution in [0.3, 0.4) is 0 Å². The molecule has 138 valence electrons. The second kappa shape index (κ2) is 6.89. The van der Waals surface area contributed by atoms with E-state index in [2.05, 4.69) is 9.88 Å². The Balaban J connectivity index is 1.47. The van der Waals surface area contributed by atoms with Crippen molar-refractivity contribution in [2.45, 2.75) is 25.0 Å². The molecule has 2 fully saturated rings. The number of hydrogen-bond acceptors (Lipinski definition) is 6. The van der Waals surface area contributed by atoms with Gasteiger partial charge in [-0.05, 0) is 31.5 Å². The topological polar surface area (TPSA) is 54.9 Å². The summed E-state index contributed by atoms with van der Waals surface area (Å²) in [6, 6.07) is 7.95. The zero-order valence-corrected chi connectivity index (χ0v) is 15.9. The maximum Gasteiger partial charge on any atom is 0.410 e. The molecular weight excluding hydrogens is 350 g/mol. The first kappa shape index (κ1) is 17.3. The number of hydrogen-bond donors (Lipinski definition) is 0. The van der Waals surface area contributed by atoms with Gasteiger partial charge in [0.1, 0.15) is 16.4 Å². The van der Waals surface area contributed by atoms with Crippen LogP contribution in [-0.2, 0) is 11.3 Å². The molecule has 1 aromatic heterocycles. The van der Waals surface area contributed by atoms with E-state index < -0.39 is 0 Å². The summed E-state index contributed by atoms with van der Waals surface area (Å²) in [6.07, 6.45) is 3.72. The van der Waals surface area contributed by atoms with Gasteiger partial charge >= 0.3 is 6.09 Å². The number of amides is 1. The van der Waals surface area contributed by atoms with Crippen molar-refractivity contribution in [3.05, 3.63) is 35.3 Å². The van der Waals surface area contributed by atoms with Crippen LogP contribution in [0, 0.1) is 0 Å². The number of likely N-dealkylation sites (N-methyl/N-ethyl adjacent to an activating group) is 1. The molecule has 2 aromatic rings. The standard InChI is InChI=1S/C19H23N3O3S/c1-21-12-19(25-18(21)23)8-5-9-22(13-19)11-14-10-20-17(26-14)15-6-3-4-7-16(15)24-2/h3-4,6-7,10H,5,8-9,11-13H2,1-2H3/t19-/m0/s1. The van der Waals surface area contributed by atoms with Crippen LogP contribution in [0.2, 0.25) is 0 Å². The first-order chi connectivity index (χ1) is 12.6. The Hall–Kier alpha value is -2.12. The summed E-state index contributed by atoms with van der Waals surface area (Å²) < 4.78 is 11.1. The molecule has 2 saturated heterocycles. The van der Waals surface area contributed by atoms with Gasteiger partial charge in [0.25, 0.3) is 0 Å². The Bertz CT molecular complexity index is 809. The lowest BCUT2D eigenvalue weighted by molar-refractivity contribution is -0.0110. The number of likely N-dealkylation sites (tertiary alicyclic amines) is 1. The van der Waals surface area contributed by atoms with Crippen molar-refractivity contribution in [1.29, 1.82) is 0 Å². The number of benzene rings is 1. The molecule has 4 rings (SSSR count). The molecule has 6 nitrogen and oxygen atoms in total. The monoisotopic (exact) mass is 373 g/mol. The molecule has 2 aliphatic heterocycles. The van der Waals surface area contributed by atoms with E-state index in [0.717, 1.165) is 48.8 Å². The highest BCUT2D eigenvalue weighted by molar-refractivity contribution is 7.15. The predicted molar refractivity (Wildman–Crippen MR) is 100 cm³/mol. The number of piperidine rings is 1. The fraction of sp³-hybridized carbons (Fsp3) is 0.474. The largest absolute Gasteiger partial charge is 0.496 e. The number of rotatable bonds is 4. The molecule has 0 N–H and O–H groups in total. The van der Waals surface area contributed by atoms with Crippen LogP contribution >= 0.6 is 11.3 Å². The van der Waals surface area contributed by atoms with Crippen molar-refractivity contribution < 1.29 is 14.3 Å². The van der Waals surface area contributed by atoms with Crippen LogP contribution in [0.4, 0.5) is 4.79 Å². The molecule has 1 spiro atoms. The highest BCUT2D eigenvalue weighted by Crippen LogP contribution is 2.35. The molecule has 1 amide bonds. The third kappa shape index (κ3) is 3.29. The Morgan fingerprint density at radius 3 is 2.96 bits per heavy atom. The lowest BCUT2D eigenvalue weighted by Gasteiger charge is -2.38. The zero-order chi connectivity index (χ0) is 18.1. The molecule has 2 aliphatic rings. The fourth-order valence-electron chi connectivity index (χ4n) is 3.88. The number of methoxy groups -OCH3 is 1. The summed E-state index contributed by atoms with van der Waals surface area (Å²) >= 11 is 1.69. The van der Waals surface area contributed by atoms with Gasteiger partial charge < -0.3 is 14.4 Å². The molecule has 7 heteroatoms. The van der Waals surface area contributed by atoms with E-state index in [0.29, 0.717) is 6.54 Å². The summed E-state index contributed by atoms with van der Waals surface area (Å²) in [7, 11) is 3.49. The second-order valence-corrected chi connectivity index (χ2v) is 8.17. The number of aromatic nitrogens is 1. The molecule has 0 aliphatic carbocycles. The van der Waals surface area contributed by atoms with E-state index in [1.807, 2.05) is 30.5 Å². The van der Waals surface area contributed by atoms with Gasteiger partial charge in [-0.15, -0.1) is 11.3 Å². The zero-order valence-electron chi connectivity index (χ0n) is 15.1. The summed E-state index contributed by atoms with van der Waals surface area (Å²) in [4.78, 5) is 21.6. The van der Waals surface area contributed by atoms with E-state index in [9.17, 15) is 4.79 Å². The van der Waals surface area contributed by atoms with Gasteiger partial charge in [0.15, 0.2) is 0 Å². The third-order valence-corrected chi connectivity index (χ3v) is 6.05. The molecule has 3 heterocycles. The summed E-state index contributed by atoms with van der Waals surface area (Å²) in [6.45, 7) is 3.31. The van der Waals surface area contributed by atoms with Crippen molar-refractivity contribution in [3.63, 3.8) is 0 Å². The van der Waals surface area contributed by atoms with Crippen LogP contribution in [-0.4, -0.2) is 60.3 Å². The summed E-state index contributed by atoms with van der Waals surface area (Å²) in [5.74, 6) is 0.839. The molecule has 0 radical (unpaired) electrons. The maximum absolute atomic E-state index is 11.8. The molecule has 1 aromatic carbocycles. The Morgan fingerprint density at radius 1 is 1.35 bits per heavy atom. The number of ether oxygens (including phenoxy) is 2. The Labute approximate surface area is 157 Å². The minimum atomic E-state index is -0.347. The van der Waals surface area contributed by atoms with Crippen LogP contribution in [0.5, 0.6) is 5.75 Å². The van der Waals surface area contributed by atoms with E-state index in [1.54, 1.807) is 30.4 Å². The van der Waals surface area contributed by atoms with Gasteiger partial charge in [-0.3, -0.25) is 4.90 Å². The van der Waals surface area contributed by atoms with Gasteiger partial charge in [0, 0.05) is 31.2 Å². The lowest BCUT2D eigenvalue weighted by atomic mass is 9.93. The normalized spacial score (nSPS) is 23.5. The number of thiazole rings is 1. The smallest absolute Gasteiger partial charge is 0.410 e. The number of carbonyl (C=O) groups is 1. The van der Waals surface area contributed by atoms with E-state index >= 15 is 0 Å². The number of nitrogens with zero attached hydrogens (tertiary/aromatic N) is 3. The first-order valence-corrected chi connectivity index (χ1v) is 9.65. The van der Waals surface area contributed by atoms with Crippen LogP contribution in [0.15, 0.2) is 30.5 Å². The SMILES string of the molecule is COc1ccccc1-c1ncc(CN2CCC[C@@]3(C2)CN(C)C(=O)O3)s1. The Morgan fingerprint density at radius 2 is 2.19 bits per heavy atom. The maximum atomic E-state index is 11.8. The van der Waals surface area contributed by atoms with Crippen LogP contribution in [0.25, 0.3) is 10.6 Å². The van der Waals surface area contributed by atoms with Crippen molar-refractivity contribution in [1.82, 2.24) is 14.8 Å². The number of carbonyl (C=O) groups excluding carboxylic acids is 1. The average molecular weight is 373 g/mol. The van der Waals surface area contributed by atoms with Gasteiger partial charge in [0.05, 0.1) is 19.2 Å². The van der Waals surface area contributed by atoms with E-state index in [-0.39, 0.29) is 11.7 Å². The van der Waals surface area contributed by atoms with Crippen molar-refractivity contribution in [2.75, 3.05) is 33.8 Å². The molecule has 0 saturated carbocycles. The van der Waals surface area contributed by atoms with Gasteiger partial charge in [-0.25, -0.2) is 9.78 Å². The van der Waals surface area contributed by atoms with E-state index in [4.69, 9.17) is 9.47 Å². The van der Waals surface area contributed by atoms with Crippen molar-refractivity contribution in [2.24, 2.45) is 0 Å². The van der Waals surface area contributed by atoms with E-state index in [1.165, 1.54) is 4.88 Å². The average Bonchev–Trinajstić information content (AvgIpc) is 3.19. The van der Waals surface area contributed by atoms with Gasteiger partial charge in [0.2, 0.25) is 0 Å². The molecule has 26 heavy (non-hydrogen) atoms. The fourth-order valence-corrected chi connectivity index (χ4v) is 4.86. The second-order valence-electron chi connectivity index (χ2n) is 7.05. The van der Waals surface area contributed by atoms with Gasteiger partial charge in [-0.2, -0.15) is 0 Å². The van der Waals surface area contributed by atoms with Crippen LogP contribution < -0.4 is 4.74 Å². The number of para-hydroxylation sites is 1. The minimum absolute atomic E-state index is 0.205. The van der Waals surface area contributed by atoms with Crippen molar-refractivity contribution in [3.8, 4) is 16.3 Å². The van der Waals surface area contributed by atoms with Crippen molar-refractivity contribution >= 4 is 17.4 Å². The molecule has 0 unspecified atom stereocenters. The van der Waals surface area contributed by atoms with Gasteiger partial charge in [-0.1, -0.05) is 12.1 Å². The third-order valence-electron chi connectivity index (χ3n) is 5.03. The quantitative estimate of drug-likeness (QED) is 0.824. The Kier molecular flexibility index (Phi) is 4.58. The minimum Gasteiger partial charge on any atom is -0.496 e. The summed E-state index contributed by atoms with van der Waals surface area (Å²) in [5.41, 5.74) is 0.674. The first-order valence-electron chi connectivity index (χ1n) is 8.83. The lowest BCUT2D eigenvalue weighted by Crippen LogP contribution is -2.50. The summed E-state index contributed by atoms with van der Waals surface area (Å²) in [5, 5.41) is 0.969.